The predicted octanol–water partition coefficient (Wildman–Crippen LogP) is 1.58. The summed E-state index contributed by atoms with van der Waals surface area (Å²) in [5.74, 6) is 0.0993. The molecule has 0 atom stereocenters. The molecule has 104 valence electrons. The number of carbonyl (C=O) groups is 1. The lowest BCUT2D eigenvalue weighted by Gasteiger charge is -2.14. The summed E-state index contributed by atoms with van der Waals surface area (Å²) in [5.41, 5.74) is 0. The summed E-state index contributed by atoms with van der Waals surface area (Å²) in [6, 6.07) is 0. The molecule has 1 amide bonds. The Hall–Kier alpha value is -1.92. The van der Waals surface area contributed by atoms with Gasteiger partial charge in [0.15, 0.2) is 0 Å². The van der Waals surface area contributed by atoms with E-state index in [-0.39, 0.29) is 11.7 Å². The van der Waals surface area contributed by atoms with Crippen LogP contribution >= 0.6 is 0 Å². The molecule has 19 heavy (non-hydrogen) atoms. The fourth-order valence-corrected chi connectivity index (χ4v) is 2.26. The minimum atomic E-state index is -0.507. The lowest BCUT2D eigenvalue weighted by molar-refractivity contribution is -0.389. The Morgan fingerprint density at radius 3 is 2.74 bits per heavy atom. The van der Waals surface area contributed by atoms with Crippen LogP contribution in [0.4, 0.5) is 5.82 Å². The van der Waals surface area contributed by atoms with Crippen molar-refractivity contribution >= 4 is 11.7 Å². The molecule has 0 aromatic carbocycles. The number of imidazole rings is 1. The summed E-state index contributed by atoms with van der Waals surface area (Å²) < 4.78 is 1.69. The van der Waals surface area contributed by atoms with Gasteiger partial charge in [-0.05, 0) is 35.6 Å². The van der Waals surface area contributed by atoms with Gasteiger partial charge in [0.05, 0.1) is 0 Å². The molecule has 1 aliphatic rings. The van der Waals surface area contributed by atoms with Gasteiger partial charge in [-0.1, -0.05) is 0 Å². The second-order valence-corrected chi connectivity index (χ2v) is 4.77. The zero-order chi connectivity index (χ0) is 13.7. The fraction of sp³-hybridized carbons (Fsp3) is 0.667. The number of likely N-dealkylation sites (tertiary alicyclic amines) is 1. The van der Waals surface area contributed by atoms with Crippen LogP contribution in [-0.4, -0.2) is 38.4 Å². The van der Waals surface area contributed by atoms with Crippen molar-refractivity contribution in [3.05, 3.63) is 22.6 Å². The first-order valence-corrected chi connectivity index (χ1v) is 6.61. The van der Waals surface area contributed by atoms with Crippen molar-refractivity contribution in [3.63, 3.8) is 0 Å². The van der Waals surface area contributed by atoms with E-state index in [1.165, 1.54) is 12.5 Å². The standard InChI is InChI=1S/C12H18N4O3/c17-12(15-7-3-4-8-15)5-1-2-6-14-9-11(13-10-14)16(18)19/h9-10H,1-8H2. The Morgan fingerprint density at radius 1 is 1.37 bits per heavy atom. The van der Waals surface area contributed by atoms with Crippen molar-refractivity contribution in [1.29, 1.82) is 0 Å². The predicted molar refractivity (Wildman–Crippen MR) is 68.5 cm³/mol. The van der Waals surface area contributed by atoms with Crippen LogP contribution < -0.4 is 0 Å². The molecule has 1 aromatic rings. The molecule has 7 heteroatoms. The fourth-order valence-electron chi connectivity index (χ4n) is 2.26. The molecular formula is C12H18N4O3. The molecule has 0 radical (unpaired) electrons. The molecule has 0 saturated carbocycles. The smallest absolute Gasteiger partial charge is 0.358 e. The van der Waals surface area contributed by atoms with Crippen LogP contribution in [0.1, 0.15) is 32.1 Å². The molecular weight excluding hydrogens is 248 g/mol. The molecule has 1 aliphatic heterocycles. The Morgan fingerprint density at radius 2 is 2.11 bits per heavy atom. The van der Waals surface area contributed by atoms with Crippen LogP contribution in [0.25, 0.3) is 0 Å². The third-order valence-electron chi connectivity index (χ3n) is 3.32. The van der Waals surface area contributed by atoms with Crippen molar-refractivity contribution in [1.82, 2.24) is 14.5 Å². The summed E-state index contributed by atoms with van der Waals surface area (Å²) in [5, 5.41) is 10.5. The highest BCUT2D eigenvalue weighted by Gasteiger charge is 2.17. The van der Waals surface area contributed by atoms with Gasteiger partial charge in [-0.25, -0.2) is 0 Å². The van der Waals surface area contributed by atoms with Gasteiger partial charge in [-0.3, -0.25) is 4.79 Å². The normalized spacial score (nSPS) is 14.8. The van der Waals surface area contributed by atoms with Gasteiger partial charge in [0.2, 0.25) is 12.2 Å². The molecule has 7 nitrogen and oxygen atoms in total. The lowest BCUT2D eigenvalue weighted by atomic mass is 10.2. The van der Waals surface area contributed by atoms with E-state index in [2.05, 4.69) is 4.98 Å². The van der Waals surface area contributed by atoms with Crippen molar-refractivity contribution < 1.29 is 9.72 Å². The van der Waals surface area contributed by atoms with Crippen molar-refractivity contribution in [2.75, 3.05) is 13.1 Å². The van der Waals surface area contributed by atoms with Gasteiger partial charge in [0.1, 0.15) is 6.20 Å². The number of aryl methyl sites for hydroxylation is 1. The molecule has 0 N–H and O–H groups in total. The monoisotopic (exact) mass is 266 g/mol. The molecule has 2 heterocycles. The number of hydrogen-bond donors (Lipinski definition) is 0. The van der Waals surface area contributed by atoms with Gasteiger partial charge in [-0.2, -0.15) is 0 Å². The highest BCUT2D eigenvalue weighted by atomic mass is 16.6. The van der Waals surface area contributed by atoms with Crippen LogP contribution in [0, 0.1) is 10.1 Å². The summed E-state index contributed by atoms with van der Waals surface area (Å²) in [4.78, 5) is 27.3. The maximum atomic E-state index is 11.8. The minimum Gasteiger partial charge on any atom is -0.358 e. The number of nitrogens with zero attached hydrogens (tertiary/aromatic N) is 4. The highest BCUT2D eigenvalue weighted by Crippen LogP contribution is 2.11. The first-order chi connectivity index (χ1) is 9.16. The molecule has 0 unspecified atom stereocenters. The number of rotatable bonds is 6. The Bertz CT molecular complexity index is 452. The Labute approximate surface area is 111 Å². The van der Waals surface area contributed by atoms with E-state index >= 15 is 0 Å². The summed E-state index contributed by atoms with van der Waals surface area (Å²) in [6.45, 7) is 2.45. The third-order valence-corrected chi connectivity index (χ3v) is 3.32. The van der Waals surface area contributed by atoms with Gasteiger partial charge < -0.3 is 19.6 Å². The molecule has 1 aromatic heterocycles. The maximum absolute atomic E-state index is 11.8. The largest absolute Gasteiger partial charge is 0.381 e. The number of unbranched alkanes of at least 4 members (excludes halogenated alkanes) is 1. The van der Waals surface area contributed by atoms with E-state index < -0.39 is 4.92 Å². The number of amides is 1. The molecule has 1 saturated heterocycles. The summed E-state index contributed by atoms with van der Waals surface area (Å²) in [6.07, 6.45) is 7.31. The highest BCUT2D eigenvalue weighted by molar-refractivity contribution is 5.76. The Balaban J connectivity index is 1.65. The number of nitro groups is 1. The first kappa shape index (κ1) is 13.5. The van der Waals surface area contributed by atoms with Crippen molar-refractivity contribution in [2.24, 2.45) is 0 Å². The molecule has 2 rings (SSSR count). The average molecular weight is 266 g/mol. The zero-order valence-corrected chi connectivity index (χ0v) is 10.8. The van der Waals surface area contributed by atoms with Crippen LogP contribution in [0.3, 0.4) is 0 Å². The lowest BCUT2D eigenvalue weighted by Crippen LogP contribution is -2.27. The van der Waals surface area contributed by atoms with E-state index in [0.717, 1.165) is 38.8 Å². The van der Waals surface area contributed by atoms with Crippen LogP contribution in [0.5, 0.6) is 0 Å². The van der Waals surface area contributed by atoms with Crippen LogP contribution in [0.2, 0.25) is 0 Å². The van der Waals surface area contributed by atoms with Crippen molar-refractivity contribution in [3.8, 4) is 0 Å². The number of carbonyl (C=O) groups excluding carboxylic acids is 1. The first-order valence-electron chi connectivity index (χ1n) is 6.61. The number of aromatic nitrogens is 2. The van der Waals surface area contributed by atoms with E-state index in [9.17, 15) is 14.9 Å². The van der Waals surface area contributed by atoms with Gasteiger partial charge in [-0.15, -0.1) is 0 Å². The Kier molecular flexibility index (Phi) is 4.48. The maximum Gasteiger partial charge on any atom is 0.381 e. The number of hydrogen-bond acceptors (Lipinski definition) is 4. The van der Waals surface area contributed by atoms with Gasteiger partial charge in [0, 0.05) is 26.1 Å². The van der Waals surface area contributed by atoms with Crippen LogP contribution in [-0.2, 0) is 11.3 Å². The molecule has 0 bridgehead atoms. The SMILES string of the molecule is O=C(CCCCn1cnc([N+](=O)[O-])c1)N1CCCC1. The molecule has 0 aliphatic carbocycles. The topological polar surface area (TPSA) is 81.3 Å². The van der Waals surface area contributed by atoms with Crippen molar-refractivity contribution in [2.45, 2.75) is 38.6 Å². The van der Waals surface area contributed by atoms with E-state index in [1.54, 1.807) is 4.57 Å². The molecule has 1 fully saturated rings. The van der Waals surface area contributed by atoms with E-state index in [1.807, 2.05) is 4.90 Å². The summed E-state index contributed by atoms with van der Waals surface area (Å²) >= 11 is 0. The van der Waals surface area contributed by atoms with Gasteiger partial charge in [0.25, 0.3) is 0 Å². The zero-order valence-electron chi connectivity index (χ0n) is 10.8. The minimum absolute atomic E-state index is 0.131. The van der Waals surface area contributed by atoms with Gasteiger partial charge >= 0.3 is 5.82 Å². The van der Waals surface area contributed by atoms with E-state index in [4.69, 9.17) is 0 Å². The van der Waals surface area contributed by atoms with E-state index in [0.29, 0.717) is 13.0 Å². The average Bonchev–Trinajstić information content (AvgIpc) is 3.05. The second-order valence-electron chi connectivity index (χ2n) is 4.77. The second kappa shape index (κ2) is 6.31. The quantitative estimate of drug-likeness (QED) is 0.445. The molecule has 0 spiro atoms. The third kappa shape index (κ3) is 3.77. The summed E-state index contributed by atoms with van der Waals surface area (Å²) in [7, 11) is 0. The van der Waals surface area contributed by atoms with Crippen LogP contribution in [0.15, 0.2) is 12.5 Å².